The van der Waals surface area contributed by atoms with E-state index in [9.17, 15) is 0 Å². The molecule has 0 aliphatic rings. The molecule has 0 bridgehead atoms. The smallest absolute Gasteiger partial charge is 0.134 e. The van der Waals surface area contributed by atoms with Crippen LogP contribution in [0.2, 0.25) is 0 Å². The summed E-state index contributed by atoms with van der Waals surface area (Å²) in [6, 6.07) is 7.29. The minimum Gasteiger partial charge on any atom is -0.497 e. The van der Waals surface area contributed by atoms with Crippen LogP contribution >= 0.6 is 11.3 Å². The second-order valence-corrected chi connectivity index (χ2v) is 4.92. The molecule has 4 nitrogen and oxygen atoms in total. The highest BCUT2D eigenvalue weighted by atomic mass is 32.1. The van der Waals surface area contributed by atoms with Crippen molar-refractivity contribution < 1.29 is 14.2 Å². The molecule has 0 aliphatic carbocycles. The lowest BCUT2D eigenvalue weighted by Gasteiger charge is -2.15. The average molecular weight is 279 g/mol. The first kappa shape index (κ1) is 13.7. The first-order chi connectivity index (χ1) is 9.19. The zero-order valence-corrected chi connectivity index (χ0v) is 12.0. The van der Waals surface area contributed by atoms with E-state index in [0.717, 1.165) is 27.7 Å². The van der Waals surface area contributed by atoms with Gasteiger partial charge in [-0.2, -0.15) is 0 Å². The van der Waals surface area contributed by atoms with Crippen molar-refractivity contribution in [3.63, 3.8) is 0 Å². The molecule has 2 rings (SSSR count). The maximum Gasteiger partial charge on any atom is 0.134 e. The summed E-state index contributed by atoms with van der Waals surface area (Å²) in [5, 5.41) is 1.96. The quantitative estimate of drug-likeness (QED) is 0.914. The second-order valence-electron chi connectivity index (χ2n) is 3.98. The standard InChI is InChI=1S/C14H17NO3S/c1-16-10-6-9(7-11(8-10)17-2)13(15)14-12(18-3)4-5-19-14/h4-8,13H,15H2,1-3H3. The minimum absolute atomic E-state index is 0.265. The van der Waals surface area contributed by atoms with E-state index in [1.165, 1.54) is 0 Å². The Morgan fingerprint density at radius 2 is 1.63 bits per heavy atom. The summed E-state index contributed by atoms with van der Waals surface area (Å²) >= 11 is 1.57. The Labute approximate surface area is 116 Å². The number of thiophene rings is 1. The molecule has 2 N–H and O–H groups in total. The Hall–Kier alpha value is -1.72. The highest BCUT2D eigenvalue weighted by molar-refractivity contribution is 7.10. The van der Waals surface area contributed by atoms with E-state index in [-0.39, 0.29) is 6.04 Å². The lowest BCUT2D eigenvalue weighted by molar-refractivity contribution is 0.392. The molecule has 2 aromatic rings. The molecule has 102 valence electrons. The molecular formula is C14H17NO3S. The molecule has 1 aromatic carbocycles. The molecule has 0 saturated heterocycles. The van der Waals surface area contributed by atoms with E-state index < -0.39 is 0 Å². The van der Waals surface area contributed by atoms with Crippen LogP contribution in [-0.2, 0) is 0 Å². The van der Waals surface area contributed by atoms with Gasteiger partial charge in [0.25, 0.3) is 0 Å². The molecule has 5 heteroatoms. The fraction of sp³-hybridized carbons (Fsp3) is 0.286. The van der Waals surface area contributed by atoms with Crippen LogP contribution < -0.4 is 19.9 Å². The van der Waals surface area contributed by atoms with Crippen molar-refractivity contribution in [1.82, 2.24) is 0 Å². The molecule has 0 amide bonds. The van der Waals surface area contributed by atoms with Gasteiger partial charge in [0.05, 0.1) is 32.2 Å². The maximum absolute atomic E-state index is 6.30. The molecule has 0 aliphatic heterocycles. The van der Waals surface area contributed by atoms with Crippen molar-refractivity contribution in [2.45, 2.75) is 6.04 Å². The zero-order chi connectivity index (χ0) is 13.8. The average Bonchev–Trinajstić information content (AvgIpc) is 2.94. The van der Waals surface area contributed by atoms with Crippen LogP contribution in [0.25, 0.3) is 0 Å². The summed E-state index contributed by atoms with van der Waals surface area (Å²) in [4.78, 5) is 0.984. The zero-order valence-electron chi connectivity index (χ0n) is 11.2. The lowest BCUT2D eigenvalue weighted by atomic mass is 10.0. The van der Waals surface area contributed by atoms with Gasteiger partial charge in [0, 0.05) is 6.07 Å². The van der Waals surface area contributed by atoms with Crippen molar-refractivity contribution in [1.29, 1.82) is 0 Å². The largest absolute Gasteiger partial charge is 0.497 e. The summed E-state index contributed by atoms with van der Waals surface area (Å²) in [5.74, 6) is 2.25. The molecule has 0 saturated carbocycles. The maximum atomic E-state index is 6.30. The summed E-state index contributed by atoms with van der Waals surface area (Å²) < 4.78 is 15.8. The van der Waals surface area contributed by atoms with E-state index >= 15 is 0 Å². The molecule has 0 fully saturated rings. The van der Waals surface area contributed by atoms with Gasteiger partial charge in [-0.05, 0) is 29.1 Å². The van der Waals surface area contributed by atoms with Gasteiger partial charge in [-0.1, -0.05) is 0 Å². The van der Waals surface area contributed by atoms with Gasteiger partial charge in [0.2, 0.25) is 0 Å². The normalized spacial score (nSPS) is 12.0. The summed E-state index contributed by atoms with van der Waals surface area (Å²) in [5.41, 5.74) is 7.23. The Morgan fingerprint density at radius 1 is 1.00 bits per heavy atom. The van der Waals surface area contributed by atoms with Crippen molar-refractivity contribution in [2.24, 2.45) is 5.73 Å². The van der Waals surface area contributed by atoms with Crippen molar-refractivity contribution in [2.75, 3.05) is 21.3 Å². The lowest BCUT2D eigenvalue weighted by Crippen LogP contribution is -2.11. The van der Waals surface area contributed by atoms with Gasteiger partial charge in [0.1, 0.15) is 17.2 Å². The molecule has 1 aromatic heterocycles. The second kappa shape index (κ2) is 5.95. The van der Waals surface area contributed by atoms with E-state index in [4.69, 9.17) is 19.9 Å². The van der Waals surface area contributed by atoms with Crippen LogP contribution in [0.15, 0.2) is 29.6 Å². The number of hydrogen-bond donors (Lipinski definition) is 1. The summed E-state index contributed by atoms with van der Waals surface area (Å²) in [7, 11) is 4.88. The Kier molecular flexibility index (Phi) is 4.29. The van der Waals surface area contributed by atoms with Crippen molar-refractivity contribution >= 4 is 11.3 Å². The predicted molar refractivity (Wildman–Crippen MR) is 76.4 cm³/mol. The van der Waals surface area contributed by atoms with Crippen molar-refractivity contribution in [3.05, 3.63) is 40.1 Å². The fourth-order valence-corrected chi connectivity index (χ4v) is 2.75. The monoisotopic (exact) mass is 279 g/mol. The summed E-state index contributed by atoms with van der Waals surface area (Å²) in [6.07, 6.45) is 0. The van der Waals surface area contributed by atoms with Gasteiger partial charge >= 0.3 is 0 Å². The van der Waals surface area contributed by atoms with Gasteiger partial charge in [-0.15, -0.1) is 11.3 Å². The minimum atomic E-state index is -0.265. The van der Waals surface area contributed by atoms with E-state index in [1.54, 1.807) is 32.7 Å². The van der Waals surface area contributed by atoms with E-state index in [1.807, 2.05) is 29.6 Å². The number of hydrogen-bond acceptors (Lipinski definition) is 5. The van der Waals surface area contributed by atoms with Gasteiger partial charge in [-0.3, -0.25) is 0 Å². The fourth-order valence-electron chi connectivity index (χ4n) is 1.86. The van der Waals surface area contributed by atoms with E-state index in [0.29, 0.717) is 0 Å². The van der Waals surface area contributed by atoms with Gasteiger partial charge in [0.15, 0.2) is 0 Å². The molecule has 0 spiro atoms. The Bertz CT molecular complexity index is 531. The Balaban J connectivity index is 2.40. The number of nitrogens with two attached hydrogens (primary N) is 1. The molecule has 0 radical (unpaired) electrons. The third kappa shape index (κ3) is 2.83. The third-order valence-corrected chi connectivity index (χ3v) is 3.87. The molecular weight excluding hydrogens is 262 g/mol. The molecule has 1 atom stereocenters. The Morgan fingerprint density at radius 3 is 2.16 bits per heavy atom. The number of ether oxygens (including phenoxy) is 3. The summed E-state index contributed by atoms with van der Waals surface area (Å²) in [6.45, 7) is 0. The van der Waals surface area contributed by atoms with Crippen molar-refractivity contribution in [3.8, 4) is 17.2 Å². The van der Waals surface area contributed by atoms with Crippen LogP contribution in [-0.4, -0.2) is 21.3 Å². The molecule has 19 heavy (non-hydrogen) atoms. The SMILES string of the molecule is COc1cc(OC)cc(C(N)c2sccc2OC)c1. The number of rotatable bonds is 5. The predicted octanol–water partition coefficient (Wildman–Crippen LogP) is 2.82. The van der Waals surface area contributed by atoms with Gasteiger partial charge < -0.3 is 19.9 Å². The van der Waals surface area contributed by atoms with Crippen LogP contribution in [0.5, 0.6) is 17.2 Å². The van der Waals surface area contributed by atoms with Crippen LogP contribution in [0.1, 0.15) is 16.5 Å². The van der Waals surface area contributed by atoms with Crippen LogP contribution in [0.3, 0.4) is 0 Å². The van der Waals surface area contributed by atoms with Crippen LogP contribution in [0.4, 0.5) is 0 Å². The number of methoxy groups -OCH3 is 3. The number of benzene rings is 1. The highest BCUT2D eigenvalue weighted by Crippen LogP contribution is 2.35. The molecule has 1 unspecified atom stereocenters. The molecule has 1 heterocycles. The van der Waals surface area contributed by atoms with Gasteiger partial charge in [-0.25, -0.2) is 0 Å². The topological polar surface area (TPSA) is 53.7 Å². The first-order valence-corrected chi connectivity index (χ1v) is 6.67. The third-order valence-electron chi connectivity index (χ3n) is 2.89. The first-order valence-electron chi connectivity index (χ1n) is 5.79. The highest BCUT2D eigenvalue weighted by Gasteiger charge is 2.17. The van der Waals surface area contributed by atoms with E-state index in [2.05, 4.69) is 0 Å². The van der Waals surface area contributed by atoms with Crippen LogP contribution in [0, 0.1) is 0 Å².